The molecule has 6 heteroatoms. The Morgan fingerprint density at radius 3 is 2.57 bits per heavy atom. The minimum absolute atomic E-state index is 0.617. The molecule has 0 saturated carbocycles. The Balaban J connectivity index is 1.95. The molecule has 0 bridgehead atoms. The third kappa shape index (κ3) is 4.88. The van der Waals surface area contributed by atoms with Gasteiger partial charge >= 0.3 is 11.8 Å². The van der Waals surface area contributed by atoms with Gasteiger partial charge in [0, 0.05) is 9.26 Å². The van der Waals surface area contributed by atoms with Crippen LogP contribution in [-0.2, 0) is 9.59 Å². The maximum Gasteiger partial charge on any atom is 0.329 e. The fourth-order valence-corrected chi connectivity index (χ4v) is 2.44. The zero-order valence-corrected chi connectivity index (χ0v) is 14.9. The monoisotopic (exact) mass is 421 g/mol. The Labute approximate surface area is 148 Å². The predicted molar refractivity (Wildman–Crippen MR) is 99.4 cm³/mol. The Bertz CT molecular complexity index is 772. The number of amides is 2. The molecule has 5 nitrogen and oxygen atoms in total. The smallest absolute Gasteiger partial charge is 0.317 e. The molecule has 0 saturated heterocycles. The molecule has 0 spiro atoms. The van der Waals surface area contributed by atoms with Crippen LogP contribution in [0.1, 0.15) is 16.7 Å². The highest BCUT2D eigenvalue weighted by atomic mass is 127. The second-order valence-corrected chi connectivity index (χ2v) is 6.20. The van der Waals surface area contributed by atoms with E-state index in [9.17, 15) is 9.59 Å². The summed E-state index contributed by atoms with van der Waals surface area (Å²) in [7, 11) is 0. The highest BCUT2D eigenvalue weighted by Gasteiger charge is 2.14. The summed E-state index contributed by atoms with van der Waals surface area (Å²) < 4.78 is 1.06. The van der Waals surface area contributed by atoms with Gasteiger partial charge in [-0.2, -0.15) is 5.10 Å². The van der Waals surface area contributed by atoms with Crippen molar-refractivity contribution in [3.8, 4) is 0 Å². The van der Waals surface area contributed by atoms with Crippen LogP contribution in [0, 0.1) is 17.4 Å². The van der Waals surface area contributed by atoms with E-state index < -0.39 is 11.8 Å². The van der Waals surface area contributed by atoms with E-state index in [1.165, 1.54) is 6.21 Å². The van der Waals surface area contributed by atoms with E-state index in [2.05, 4.69) is 38.4 Å². The largest absolute Gasteiger partial charge is 0.329 e. The minimum atomic E-state index is -0.812. The SMILES string of the molecule is Cc1cccc(NC(=O)C(=O)NN=Cc2cccc(I)c2)c1C. The van der Waals surface area contributed by atoms with Crippen molar-refractivity contribution >= 4 is 46.3 Å². The van der Waals surface area contributed by atoms with Gasteiger partial charge in [0.25, 0.3) is 0 Å². The number of aryl methyl sites for hydroxylation is 1. The number of nitrogens with one attached hydrogen (secondary N) is 2. The molecule has 2 aromatic carbocycles. The maximum absolute atomic E-state index is 11.9. The van der Waals surface area contributed by atoms with Crippen LogP contribution < -0.4 is 10.7 Å². The molecule has 2 N–H and O–H groups in total. The fraction of sp³-hybridized carbons (Fsp3) is 0.118. The molecule has 0 unspecified atom stereocenters. The van der Waals surface area contributed by atoms with E-state index >= 15 is 0 Å². The summed E-state index contributed by atoms with van der Waals surface area (Å²) in [5.41, 5.74) is 5.65. The molecule has 0 fully saturated rings. The van der Waals surface area contributed by atoms with Gasteiger partial charge in [-0.25, -0.2) is 5.43 Å². The van der Waals surface area contributed by atoms with Crippen molar-refractivity contribution in [2.24, 2.45) is 5.10 Å². The van der Waals surface area contributed by atoms with Crippen LogP contribution >= 0.6 is 22.6 Å². The number of hydrogen-bond donors (Lipinski definition) is 2. The second-order valence-electron chi connectivity index (χ2n) is 4.96. The number of carbonyl (C=O) groups is 2. The van der Waals surface area contributed by atoms with E-state index in [-0.39, 0.29) is 0 Å². The molecule has 0 heterocycles. The summed E-state index contributed by atoms with van der Waals surface area (Å²) in [5, 5.41) is 6.38. The van der Waals surface area contributed by atoms with Crippen molar-refractivity contribution < 1.29 is 9.59 Å². The molecular formula is C17H16IN3O2. The lowest BCUT2D eigenvalue weighted by Gasteiger charge is -2.09. The second kappa shape index (κ2) is 7.87. The molecule has 23 heavy (non-hydrogen) atoms. The Kier molecular flexibility index (Phi) is 5.86. The number of hydrogen-bond acceptors (Lipinski definition) is 3. The van der Waals surface area contributed by atoms with Gasteiger partial charge in [0.05, 0.1) is 6.21 Å². The number of carbonyl (C=O) groups excluding carboxylic acids is 2. The van der Waals surface area contributed by atoms with Crippen molar-refractivity contribution in [1.82, 2.24) is 5.43 Å². The fourth-order valence-electron chi connectivity index (χ4n) is 1.87. The summed E-state index contributed by atoms with van der Waals surface area (Å²) in [5.74, 6) is -1.56. The molecular weight excluding hydrogens is 405 g/mol. The van der Waals surface area contributed by atoms with Gasteiger partial charge < -0.3 is 5.32 Å². The topological polar surface area (TPSA) is 70.6 Å². The summed E-state index contributed by atoms with van der Waals surface area (Å²) in [6.45, 7) is 3.83. The predicted octanol–water partition coefficient (Wildman–Crippen LogP) is 3.00. The number of rotatable bonds is 3. The van der Waals surface area contributed by atoms with Gasteiger partial charge in [-0.15, -0.1) is 0 Å². The lowest BCUT2D eigenvalue weighted by atomic mass is 10.1. The Morgan fingerprint density at radius 2 is 1.83 bits per heavy atom. The molecule has 0 aliphatic rings. The first-order valence-electron chi connectivity index (χ1n) is 6.93. The lowest BCUT2D eigenvalue weighted by molar-refractivity contribution is -0.136. The molecule has 2 rings (SSSR count). The Morgan fingerprint density at radius 1 is 1.09 bits per heavy atom. The average Bonchev–Trinajstić information content (AvgIpc) is 2.51. The molecule has 118 valence electrons. The van der Waals surface area contributed by atoms with Crippen LogP contribution in [-0.4, -0.2) is 18.0 Å². The number of nitrogens with zero attached hydrogens (tertiary/aromatic N) is 1. The van der Waals surface area contributed by atoms with Crippen LogP contribution in [0.15, 0.2) is 47.6 Å². The third-order valence-corrected chi connectivity index (χ3v) is 3.96. The van der Waals surface area contributed by atoms with Crippen molar-refractivity contribution in [3.63, 3.8) is 0 Å². The first-order chi connectivity index (χ1) is 11.0. The standard InChI is InChI=1S/C17H16IN3O2/c1-11-5-3-8-15(12(11)2)20-16(22)17(23)21-19-10-13-6-4-7-14(18)9-13/h3-10H,1-2H3,(H,20,22)(H,21,23). The van der Waals surface area contributed by atoms with Crippen molar-refractivity contribution in [1.29, 1.82) is 0 Å². The van der Waals surface area contributed by atoms with Gasteiger partial charge in [-0.05, 0) is 71.3 Å². The van der Waals surface area contributed by atoms with Crippen LogP contribution in [0.25, 0.3) is 0 Å². The first kappa shape index (κ1) is 17.1. The van der Waals surface area contributed by atoms with Gasteiger partial charge in [-0.1, -0.05) is 24.3 Å². The van der Waals surface area contributed by atoms with Gasteiger partial charge in [0.2, 0.25) is 0 Å². The molecule has 0 aliphatic carbocycles. The minimum Gasteiger partial charge on any atom is -0.317 e. The zero-order chi connectivity index (χ0) is 16.8. The quantitative estimate of drug-likeness (QED) is 0.346. The van der Waals surface area contributed by atoms with Crippen molar-refractivity contribution in [3.05, 3.63) is 62.7 Å². The summed E-state index contributed by atoms with van der Waals surface area (Å²) in [6.07, 6.45) is 1.49. The zero-order valence-electron chi connectivity index (χ0n) is 12.8. The summed E-state index contributed by atoms with van der Waals surface area (Å²) in [4.78, 5) is 23.6. The molecule has 2 amide bonds. The molecule has 0 aliphatic heterocycles. The molecule has 0 radical (unpaired) electrons. The van der Waals surface area contributed by atoms with Crippen LogP contribution in [0.4, 0.5) is 5.69 Å². The molecule has 0 aromatic heterocycles. The Hall–Kier alpha value is -2.22. The number of halogens is 1. The normalized spacial score (nSPS) is 10.6. The summed E-state index contributed by atoms with van der Waals surface area (Å²) in [6, 6.07) is 13.1. The highest BCUT2D eigenvalue weighted by molar-refractivity contribution is 14.1. The van der Waals surface area contributed by atoms with Crippen molar-refractivity contribution in [2.75, 3.05) is 5.32 Å². The average molecular weight is 421 g/mol. The first-order valence-corrected chi connectivity index (χ1v) is 8.01. The van der Waals surface area contributed by atoms with E-state index in [1.54, 1.807) is 6.07 Å². The van der Waals surface area contributed by atoms with E-state index in [0.717, 1.165) is 20.3 Å². The lowest BCUT2D eigenvalue weighted by Crippen LogP contribution is -2.32. The van der Waals surface area contributed by atoms with Gasteiger partial charge in [0.15, 0.2) is 0 Å². The highest BCUT2D eigenvalue weighted by Crippen LogP contribution is 2.17. The van der Waals surface area contributed by atoms with E-state index in [0.29, 0.717) is 5.69 Å². The van der Waals surface area contributed by atoms with Gasteiger partial charge in [-0.3, -0.25) is 9.59 Å². The van der Waals surface area contributed by atoms with E-state index in [1.807, 2.05) is 50.2 Å². The third-order valence-electron chi connectivity index (χ3n) is 3.29. The number of hydrazone groups is 1. The van der Waals surface area contributed by atoms with Crippen LogP contribution in [0.2, 0.25) is 0 Å². The summed E-state index contributed by atoms with van der Waals surface area (Å²) >= 11 is 2.19. The molecule has 0 atom stereocenters. The van der Waals surface area contributed by atoms with Crippen molar-refractivity contribution in [2.45, 2.75) is 13.8 Å². The number of benzene rings is 2. The van der Waals surface area contributed by atoms with Crippen LogP contribution in [0.3, 0.4) is 0 Å². The molecule has 2 aromatic rings. The van der Waals surface area contributed by atoms with Gasteiger partial charge in [0.1, 0.15) is 0 Å². The maximum atomic E-state index is 11.9. The number of anilines is 1. The van der Waals surface area contributed by atoms with E-state index in [4.69, 9.17) is 0 Å². The van der Waals surface area contributed by atoms with Crippen LogP contribution in [0.5, 0.6) is 0 Å².